The second-order valence-electron chi connectivity index (χ2n) is 8.67. The lowest BCUT2D eigenvalue weighted by Gasteiger charge is -2.26. The van der Waals surface area contributed by atoms with Crippen molar-refractivity contribution in [3.8, 4) is 0 Å². The molecule has 1 amide bonds. The minimum absolute atomic E-state index is 0.0648. The van der Waals surface area contributed by atoms with Gasteiger partial charge in [0, 0.05) is 44.7 Å². The maximum Gasteiger partial charge on any atom is 0.243 e. The molecule has 1 saturated heterocycles. The highest BCUT2D eigenvalue weighted by Gasteiger charge is 2.27. The zero-order chi connectivity index (χ0) is 24.8. The van der Waals surface area contributed by atoms with E-state index in [0.717, 1.165) is 29.9 Å². The van der Waals surface area contributed by atoms with Crippen LogP contribution >= 0.6 is 0 Å². The van der Waals surface area contributed by atoms with Crippen molar-refractivity contribution in [3.63, 3.8) is 0 Å². The number of aryl methyl sites for hydroxylation is 2. The van der Waals surface area contributed by atoms with Crippen molar-refractivity contribution in [1.82, 2.24) is 13.9 Å². The first kappa shape index (κ1) is 25.3. The lowest BCUT2D eigenvalue weighted by Crippen LogP contribution is -2.40. The highest BCUT2D eigenvalue weighted by Crippen LogP contribution is 2.25. The zero-order valence-electron chi connectivity index (χ0n) is 20.5. The van der Waals surface area contributed by atoms with Crippen LogP contribution in [0, 0.1) is 0 Å². The van der Waals surface area contributed by atoms with E-state index in [-0.39, 0.29) is 10.8 Å². The van der Waals surface area contributed by atoms with Crippen LogP contribution in [0.15, 0.2) is 53.4 Å². The zero-order valence-corrected chi connectivity index (χ0v) is 21.3. The molecule has 4 rings (SSSR count). The van der Waals surface area contributed by atoms with E-state index in [4.69, 9.17) is 9.72 Å². The summed E-state index contributed by atoms with van der Waals surface area (Å²) in [6.07, 6.45) is 2.77. The van der Waals surface area contributed by atoms with Crippen molar-refractivity contribution in [2.24, 2.45) is 0 Å². The van der Waals surface area contributed by atoms with Gasteiger partial charge in [0.25, 0.3) is 0 Å². The fourth-order valence-electron chi connectivity index (χ4n) is 4.48. The molecule has 0 saturated carbocycles. The number of unbranched alkanes of at least 4 members (excludes halogenated alkanes) is 1. The number of morpholine rings is 1. The summed E-state index contributed by atoms with van der Waals surface area (Å²) in [7, 11) is -3.60. The lowest BCUT2D eigenvalue weighted by molar-refractivity contribution is -0.118. The fraction of sp³-hybridized carbons (Fsp3) is 0.462. The molecule has 35 heavy (non-hydrogen) atoms. The summed E-state index contributed by atoms with van der Waals surface area (Å²) < 4.78 is 35.0. The molecule has 0 atom stereocenters. The van der Waals surface area contributed by atoms with Crippen LogP contribution in [-0.4, -0.2) is 61.0 Å². The molecule has 2 heterocycles. The Kier molecular flexibility index (Phi) is 8.20. The van der Waals surface area contributed by atoms with Crippen LogP contribution < -0.4 is 4.90 Å². The minimum atomic E-state index is -3.60. The molecule has 8 nitrogen and oxygen atoms in total. The van der Waals surface area contributed by atoms with E-state index in [1.165, 1.54) is 4.31 Å². The van der Waals surface area contributed by atoms with Gasteiger partial charge < -0.3 is 14.2 Å². The van der Waals surface area contributed by atoms with Gasteiger partial charge >= 0.3 is 0 Å². The van der Waals surface area contributed by atoms with Crippen LogP contribution in [-0.2, 0) is 32.5 Å². The van der Waals surface area contributed by atoms with Crippen LogP contribution in [0.5, 0.6) is 0 Å². The SMILES string of the molecule is CCCCN(C(=O)CCc1nc2cc(S(=O)(=O)N3CCOCC3)ccc2n1CC)c1ccccc1. The van der Waals surface area contributed by atoms with Crippen LogP contribution in [0.25, 0.3) is 11.0 Å². The first-order valence-corrected chi connectivity index (χ1v) is 13.8. The summed E-state index contributed by atoms with van der Waals surface area (Å²) >= 11 is 0. The van der Waals surface area contributed by atoms with Gasteiger partial charge in [-0.25, -0.2) is 13.4 Å². The average Bonchev–Trinajstić information content (AvgIpc) is 3.25. The quantitative estimate of drug-likeness (QED) is 0.424. The molecule has 3 aromatic rings. The van der Waals surface area contributed by atoms with Gasteiger partial charge in [0.2, 0.25) is 15.9 Å². The largest absolute Gasteiger partial charge is 0.379 e. The number of carbonyl (C=O) groups is 1. The summed E-state index contributed by atoms with van der Waals surface area (Å²) in [5, 5.41) is 0. The lowest BCUT2D eigenvalue weighted by atomic mass is 10.2. The number of benzene rings is 2. The third kappa shape index (κ3) is 5.58. The molecule has 0 N–H and O–H groups in total. The topological polar surface area (TPSA) is 84.7 Å². The molecule has 1 aromatic heterocycles. The standard InChI is InChI=1S/C26H34N4O4S/c1-3-5-15-30(21-9-7-6-8-10-21)26(31)14-13-25-27-23-20-22(11-12-24(23)29(25)4-2)35(32,33)28-16-18-34-19-17-28/h6-12,20H,3-5,13-19H2,1-2H3. The maximum absolute atomic E-state index is 13.2. The molecule has 1 fully saturated rings. The molecule has 0 radical (unpaired) electrons. The Labute approximate surface area is 207 Å². The summed E-state index contributed by atoms with van der Waals surface area (Å²) in [5.41, 5.74) is 2.42. The van der Waals surface area contributed by atoms with Gasteiger partial charge in [-0.3, -0.25) is 4.79 Å². The summed E-state index contributed by atoms with van der Waals surface area (Å²) in [4.78, 5) is 20.0. The molecule has 0 bridgehead atoms. The minimum Gasteiger partial charge on any atom is -0.379 e. The Bertz CT molecular complexity index is 1250. The number of fused-ring (bicyclic) bond motifs is 1. The van der Waals surface area contributed by atoms with E-state index in [1.54, 1.807) is 12.1 Å². The first-order valence-electron chi connectivity index (χ1n) is 12.4. The molecular formula is C26H34N4O4S. The van der Waals surface area contributed by atoms with Gasteiger partial charge in [-0.1, -0.05) is 31.5 Å². The second kappa shape index (κ2) is 11.3. The first-order chi connectivity index (χ1) is 17.0. The van der Waals surface area contributed by atoms with Crippen molar-refractivity contribution in [3.05, 3.63) is 54.4 Å². The molecule has 1 aliphatic heterocycles. The van der Waals surface area contributed by atoms with E-state index in [1.807, 2.05) is 48.2 Å². The average molecular weight is 499 g/mol. The van der Waals surface area contributed by atoms with Crippen LogP contribution in [0.3, 0.4) is 0 Å². The molecule has 0 aliphatic carbocycles. The Morgan fingerprint density at radius 3 is 2.51 bits per heavy atom. The van der Waals surface area contributed by atoms with Crippen molar-refractivity contribution in [1.29, 1.82) is 0 Å². The monoisotopic (exact) mass is 498 g/mol. The van der Waals surface area contributed by atoms with Crippen molar-refractivity contribution >= 4 is 32.7 Å². The molecule has 0 unspecified atom stereocenters. The van der Waals surface area contributed by atoms with E-state index >= 15 is 0 Å². The molecule has 2 aromatic carbocycles. The van der Waals surface area contributed by atoms with Crippen molar-refractivity contribution in [2.45, 2.75) is 51.0 Å². The number of imidazole rings is 1. The fourth-order valence-corrected chi connectivity index (χ4v) is 5.90. The number of aromatic nitrogens is 2. The number of hydrogen-bond donors (Lipinski definition) is 0. The normalized spacial score (nSPS) is 14.9. The van der Waals surface area contributed by atoms with Crippen LogP contribution in [0.1, 0.15) is 38.9 Å². The second-order valence-corrected chi connectivity index (χ2v) is 10.6. The summed E-state index contributed by atoms with van der Waals surface area (Å²) in [6.45, 7) is 7.04. The van der Waals surface area contributed by atoms with Gasteiger partial charge in [0.05, 0.1) is 29.1 Å². The Hall–Kier alpha value is -2.75. The number of amides is 1. The van der Waals surface area contributed by atoms with Crippen LogP contribution in [0.4, 0.5) is 5.69 Å². The number of para-hydroxylation sites is 1. The van der Waals surface area contributed by atoms with Crippen molar-refractivity contribution in [2.75, 3.05) is 37.7 Å². The van der Waals surface area contributed by atoms with E-state index < -0.39 is 10.0 Å². The number of anilines is 1. The molecule has 1 aliphatic rings. The predicted octanol–water partition coefficient (Wildman–Crippen LogP) is 3.84. The predicted molar refractivity (Wildman–Crippen MR) is 137 cm³/mol. The highest BCUT2D eigenvalue weighted by atomic mass is 32.2. The van der Waals surface area contributed by atoms with Gasteiger partial charge in [0.1, 0.15) is 5.82 Å². The Morgan fingerprint density at radius 2 is 1.83 bits per heavy atom. The number of sulfonamides is 1. The number of ether oxygens (including phenoxy) is 1. The number of hydrogen-bond acceptors (Lipinski definition) is 5. The Morgan fingerprint density at radius 1 is 1.09 bits per heavy atom. The van der Waals surface area contributed by atoms with E-state index in [2.05, 4.69) is 11.5 Å². The third-order valence-corrected chi connectivity index (χ3v) is 8.28. The third-order valence-electron chi connectivity index (χ3n) is 6.39. The molecular weight excluding hydrogens is 464 g/mol. The van der Waals surface area contributed by atoms with E-state index in [0.29, 0.717) is 57.8 Å². The van der Waals surface area contributed by atoms with E-state index in [9.17, 15) is 13.2 Å². The molecule has 0 spiro atoms. The van der Waals surface area contributed by atoms with Gasteiger partial charge in [-0.05, 0) is 43.7 Å². The smallest absolute Gasteiger partial charge is 0.243 e. The number of nitrogens with zero attached hydrogens (tertiary/aromatic N) is 4. The number of carbonyl (C=O) groups excluding carboxylic acids is 1. The van der Waals surface area contributed by atoms with Gasteiger partial charge in [-0.2, -0.15) is 4.31 Å². The number of rotatable bonds is 10. The molecule has 188 valence electrons. The van der Waals surface area contributed by atoms with Gasteiger partial charge in [0.15, 0.2) is 0 Å². The van der Waals surface area contributed by atoms with Gasteiger partial charge in [-0.15, -0.1) is 0 Å². The van der Waals surface area contributed by atoms with Crippen molar-refractivity contribution < 1.29 is 17.9 Å². The van der Waals surface area contributed by atoms with Crippen LogP contribution in [0.2, 0.25) is 0 Å². The summed E-state index contributed by atoms with van der Waals surface area (Å²) in [5.74, 6) is 0.857. The summed E-state index contributed by atoms with van der Waals surface area (Å²) in [6, 6.07) is 14.9. The highest BCUT2D eigenvalue weighted by molar-refractivity contribution is 7.89. The molecule has 9 heteroatoms. The maximum atomic E-state index is 13.2. The Balaban J connectivity index is 1.55.